The molecule has 1 aromatic carbocycles. The van der Waals surface area contributed by atoms with Crippen molar-refractivity contribution in [3.8, 4) is 5.75 Å². The van der Waals surface area contributed by atoms with Gasteiger partial charge in [0.1, 0.15) is 29.1 Å². The zero-order valence-electron chi connectivity index (χ0n) is 16.0. The molecule has 2 heterocycles. The van der Waals surface area contributed by atoms with Crippen molar-refractivity contribution in [1.29, 1.82) is 0 Å². The molecule has 31 heavy (non-hydrogen) atoms. The normalized spacial score (nSPS) is 18.3. The van der Waals surface area contributed by atoms with Crippen molar-refractivity contribution in [2.75, 3.05) is 5.32 Å². The van der Waals surface area contributed by atoms with Crippen molar-refractivity contribution in [2.45, 2.75) is 32.0 Å². The Morgan fingerprint density at radius 1 is 1.26 bits per heavy atom. The van der Waals surface area contributed by atoms with Gasteiger partial charge < -0.3 is 26.4 Å². The predicted molar refractivity (Wildman–Crippen MR) is 101 cm³/mol. The van der Waals surface area contributed by atoms with Crippen LogP contribution >= 0.6 is 0 Å². The Hall–Kier alpha value is -3.57. The van der Waals surface area contributed by atoms with Gasteiger partial charge in [-0.05, 0) is 36.8 Å². The number of carbonyl (C=O) groups excluding carboxylic acids is 1. The molecule has 2 atom stereocenters. The van der Waals surface area contributed by atoms with Crippen LogP contribution in [-0.2, 0) is 0 Å². The summed E-state index contributed by atoms with van der Waals surface area (Å²) in [6, 6.07) is 2.01. The molecule has 166 valence electrons. The molecule has 1 aliphatic heterocycles. The second-order valence-corrected chi connectivity index (χ2v) is 6.65. The van der Waals surface area contributed by atoms with Crippen LogP contribution in [0.25, 0.3) is 0 Å². The first kappa shape index (κ1) is 22.1. The smallest absolute Gasteiger partial charge is 0.387 e. The number of pyridine rings is 1. The number of anilines is 1. The number of hydrogen-bond donors (Lipinski definition) is 4. The lowest BCUT2D eigenvalue weighted by molar-refractivity contribution is -0.0501. The fourth-order valence-corrected chi connectivity index (χ4v) is 3.09. The number of hydrogen-bond acceptors (Lipinski definition) is 6. The number of rotatable bonds is 6. The number of ether oxygens (including phenoxy) is 1. The summed E-state index contributed by atoms with van der Waals surface area (Å²) >= 11 is 0. The molecule has 7 nitrogen and oxygen atoms in total. The predicted octanol–water partition coefficient (Wildman–Crippen LogP) is 3.01. The first-order valence-electron chi connectivity index (χ1n) is 8.94. The number of aromatic nitrogens is 1. The van der Waals surface area contributed by atoms with Crippen LogP contribution in [0, 0.1) is 12.7 Å². The molecule has 1 aromatic heterocycles. The van der Waals surface area contributed by atoms with E-state index in [0.29, 0.717) is 0 Å². The molecule has 0 spiro atoms. The standard InChI is InChI=1S/C19H18F5N5O2/c1-8-4-10(31-19(23)24)6-26-14(8)18(30)28-9-2-3-12(20)11(5-9)15-16(17(21)22)27-7-13(25)29-15/h2-7,15-17,19,27,29H,25H2,1H3,(H,28,30)/t15-,16-/m1/s1. The van der Waals surface area contributed by atoms with Crippen LogP contribution in [0.5, 0.6) is 5.75 Å². The first-order valence-corrected chi connectivity index (χ1v) is 8.94. The number of halogens is 5. The topological polar surface area (TPSA) is 101 Å². The van der Waals surface area contributed by atoms with E-state index in [0.717, 1.165) is 18.5 Å². The highest BCUT2D eigenvalue weighted by Gasteiger charge is 2.34. The molecule has 0 unspecified atom stereocenters. The molecule has 1 amide bonds. The van der Waals surface area contributed by atoms with Gasteiger partial charge in [-0.2, -0.15) is 8.78 Å². The average Bonchev–Trinajstić information content (AvgIpc) is 2.68. The summed E-state index contributed by atoms with van der Waals surface area (Å²) in [6.45, 7) is -1.57. The highest BCUT2D eigenvalue weighted by molar-refractivity contribution is 6.03. The van der Waals surface area contributed by atoms with Gasteiger partial charge in [0.25, 0.3) is 12.3 Å². The van der Waals surface area contributed by atoms with Crippen LogP contribution in [0.3, 0.4) is 0 Å². The van der Waals surface area contributed by atoms with E-state index in [1.807, 2.05) is 0 Å². The first-order chi connectivity index (χ1) is 14.7. The Balaban J connectivity index is 1.83. The second kappa shape index (κ2) is 9.06. The van der Waals surface area contributed by atoms with E-state index in [4.69, 9.17) is 5.73 Å². The van der Waals surface area contributed by atoms with E-state index >= 15 is 0 Å². The molecule has 12 heteroatoms. The Morgan fingerprint density at radius 3 is 2.65 bits per heavy atom. The Labute approximate surface area is 173 Å². The van der Waals surface area contributed by atoms with E-state index < -0.39 is 36.8 Å². The number of benzene rings is 1. The van der Waals surface area contributed by atoms with Crippen LogP contribution in [0.1, 0.15) is 27.7 Å². The van der Waals surface area contributed by atoms with Gasteiger partial charge in [0, 0.05) is 17.5 Å². The highest BCUT2D eigenvalue weighted by Crippen LogP contribution is 2.29. The molecule has 0 aliphatic carbocycles. The van der Waals surface area contributed by atoms with Crippen LogP contribution in [0.15, 0.2) is 42.5 Å². The van der Waals surface area contributed by atoms with E-state index in [9.17, 15) is 26.7 Å². The van der Waals surface area contributed by atoms with Crippen LogP contribution in [-0.4, -0.2) is 30.0 Å². The minimum Gasteiger partial charge on any atom is -0.433 e. The number of alkyl halides is 4. The number of carbonyl (C=O) groups is 1. The SMILES string of the molecule is Cc1cc(OC(F)F)cnc1C(=O)Nc1ccc(F)c([C@H]2NC(N)=CN[C@H]2C(F)F)c1. The second-order valence-electron chi connectivity index (χ2n) is 6.65. The number of amides is 1. The zero-order valence-corrected chi connectivity index (χ0v) is 16.0. The van der Waals surface area contributed by atoms with Gasteiger partial charge in [-0.3, -0.25) is 4.79 Å². The lowest BCUT2D eigenvalue weighted by Gasteiger charge is -2.33. The van der Waals surface area contributed by atoms with Crippen LogP contribution < -0.4 is 26.4 Å². The molecule has 0 radical (unpaired) electrons. The molecular weight excluding hydrogens is 425 g/mol. The summed E-state index contributed by atoms with van der Waals surface area (Å²) < 4.78 is 70.0. The van der Waals surface area contributed by atoms with Gasteiger partial charge in [0.2, 0.25) is 0 Å². The summed E-state index contributed by atoms with van der Waals surface area (Å²) in [4.78, 5) is 16.3. The molecular formula is C19H18F5N5O2. The maximum absolute atomic E-state index is 14.4. The molecule has 0 fully saturated rings. The van der Waals surface area contributed by atoms with Crippen LogP contribution in [0.2, 0.25) is 0 Å². The van der Waals surface area contributed by atoms with Crippen molar-refractivity contribution < 1.29 is 31.5 Å². The summed E-state index contributed by atoms with van der Waals surface area (Å²) in [6.07, 6.45) is -0.711. The van der Waals surface area contributed by atoms with Gasteiger partial charge in [0.15, 0.2) is 0 Å². The van der Waals surface area contributed by atoms with Gasteiger partial charge in [0.05, 0.1) is 12.2 Å². The fourth-order valence-electron chi connectivity index (χ4n) is 3.09. The van der Waals surface area contributed by atoms with Gasteiger partial charge in [-0.15, -0.1) is 0 Å². The number of nitrogens with zero attached hydrogens (tertiary/aromatic N) is 1. The molecule has 1 aliphatic rings. The molecule has 0 saturated carbocycles. The third kappa shape index (κ3) is 5.13. The van der Waals surface area contributed by atoms with E-state index in [1.165, 1.54) is 25.1 Å². The summed E-state index contributed by atoms with van der Waals surface area (Å²) in [5.74, 6) is -1.66. The lowest BCUT2D eigenvalue weighted by atomic mass is 9.97. The van der Waals surface area contributed by atoms with Gasteiger partial charge >= 0.3 is 6.61 Å². The zero-order chi connectivity index (χ0) is 22.7. The van der Waals surface area contributed by atoms with Crippen molar-refractivity contribution in [1.82, 2.24) is 15.6 Å². The molecule has 5 N–H and O–H groups in total. The van der Waals surface area contributed by atoms with Gasteiger partial charge in [-0.1, -0.05) is 0 Å². The number of nitrogens with one attached hydrogen (secondary N) is 3. The summed E-state index contributed by atoms with van der Waals surface area (Å²) in [5.41, 5.74) is 5.76. The fraction of sp³-hybridized carbons (Fsp3) is 0.263. The summed E-state index contributed by atoms with van der Waals surface area (Å²) in [5, 5.41) is 7.51. The van der Waals surface area contributed by atoms with Crippen molar-refractivity contribution in [3.05, 3.63) is 65.1 Å². The third-order valence-corrected chi connectivity index (χ3v) is 4.47. The monoisotopic (exact) mass is 443 g/mol. The van der Waals surface area contributed by atoms with Crippen molar-refractivity contribution in [3.63, 3.8) is 0 Å². The Morgan fingerprint density at radius 2 is 2.00 bits per heavy atom. The number of nitrogens with two attached hydrogens (primary N) is 1. The average molecular weight is 443 g/mol. The number of aryl methyl sites for hydroxylation is 1. The van der Waals surface area contributed by atoms with E-state index in [2.05, 4.69) is 25.7 Å². The van der Waals surface area contributed by atoms with Crippen molar-refractivity contribution >= 4 is 11.6 Å². The lowest BCUT2D eigenvalue weighted by Crippen LogP contribution is -2.49. The minimum absolute atomic E-state index is 0.0432. The molecule has 3 rings (SSSR count). The van der Waals surface area contributed by atoms with Gasteiger partial charge in [-0.25, -0.2) is 18.2 Å². The molecule has 0 saturated heterocycles. The van der Waals surface area contributed by atoms with Crippen molar-refractivity contribution in [2.24, 2.45) is 5.73 Å². The quantitative estimate of drug-likeness (QED) is 0.512. The minimum atomic E-state index is -3.04. The molecule has 2 aromatic rings. The largest absolute Gasteiger partial charge is 0.433 e. The van der Waals surface area contributed by atoms with Crippen LogP contribution in [0.4, 0.5) is 27.6 Å². The maximum Gasteiger partial charge on any atom is 0.387 e. The maximum atomic E-state index is 14.4. The van der Waals surface area contributed by atoms with E-state index in [-0.39, 0.29) is 34.1 Å². The Kier molecular flexibility index (Phi) is 6.47. The Bertz CT molecular complexity index is 1000. The third-order valence-electron chi connectivity index (χ3n) is 4.47. The van der Waals surface area contributed by atoms with E-state index in [1.54, 1.807) is 0 Å². The summed E-state index contributed by atoms with van der Waals surface area (Å²) in [7, 11) is 0. The highest BCUT2D eigenvalue weighted by atomic mass is 19.3. The molecule has 0 bridgehead atoms.